The average Bonchev–Trinajstić information content (AvgIpc) is 2.98. The zero-order chi connectivity index (χ0) is 13.4. The van der Waals surface area contributed by atoms with Crippen LogP contribution in [0.15, 0.2) is 12.1 Å². The molecule has 1 unspecified atom stereocenters. The normalized spacial score (nSPS) is 19.2. The van der Waals surface area contributed by atoms with Gasteiger partial charge in [0.05, 0.1) is 30.8 Å². The number of aromatic nitrogens is 2. The lowest BCUT2D eigenvalue weighted by molar-refractivity contribution is 0.0983. The molecule has 6 heteroatoms. The minimum atomic E-state index is -0.434. The Balaban J connectivity index is 2.04. The molecule has 1 aliphatic rings. The summed E-state index contributed by atoms with van der Waals surface area (Å²) in [4.78, 5) is 4.18. The number of benzene rings is 1. The summed E-state index contributed by atoms with van der Waals surface area (Å²) in [6.45, 7) is 1.42. The number of anilines is 1. The summed E-state index contributed by atoms with van der Waals surface area (Å²) < 4.78 is 26.1. The van der Waals surface area contributed by atoms with E-state index in [1.54, 1.807) is 6.07 Å². The van der Waals surface area contributed by atoms with E-state index < -0.39 is 5.82 Å². The van der Waals surface area contributed by atoms with Gasteiger partial charge in [-0.25, -0.2) is 9.37 Å². The van der Waals surface area contributed by atoms with Gasteiger partial charge in [0.15, 0.2) is 11.6 Å². The first-order valence-corrected chi connectivity index (χ1v) is 6.30. The third-order valence-corrected chi connectivity index (χ3v) is 3.46. The van der Waals surface area contributed by atoms with Crippen molar-refractivity contribution in [3.63, 3.8) is 0 Å². The first-order chi connectivity index (χ1) is 9.19. The lowest BCUT2D eigenvalue weighted by Gasteiger charge is -2.12. The molecule has 0 bridgehead atoms. The summed E-state index contributed by atoms with van der Waals surface area (Å²) in [6, 6.07) is 2.97. The number of ether oxygens (including phenoxy) is 2. The van der Waals surface area contributed by atoms with Crippen molar-refractivity contribution in [2.24, 2.45) is 0 Å². The Morgan fingerprint density at radius 3 is 3.11 bits per heavy atom. The van der Waals surface area contributed by atoms with Crippen molar-refractivity contribution in [3.05, 3.63) is 17.9 Å². The number of rotatable bonds is 3. The molecular weight excluding hydrogens is 249 g/mol. The molecule has 0 amide bonds. The summed E-state index contributed by atoms with van der Waals surface area (Å²) in [5.74, 6) is 0.135. The van der Waals surface area contributed by atoms with Crippen LogP contribution in [-0.2, 0) is 11.3 Å². The van der Waals surface area contributed by atoms with E-state index in [2.05, 4.69) is 4.98 Å². The van der Waals surface area contributed by atoms with Gasteiger partial charge in [-0.05, 0) is 12.8 Å². The van der Waals surface area contributed by atoms with E-state index in [1.807, 2.05) is 4.57 Å². The minimum absolute atomic E-state index is 0.149. The second-order valence-corrected chi connectivity index (χ2v) is 4.69. The zero-order valence-electron chi connectivity index (χ0n) is 10.7. The molecule has 1 saturated heterocycles. The topological polar surface area (TPSA) is 62.3 Å². The average molecular weight is 265 g/mol. The number of imidazole rings is 1. The summed E-state index contributed by atoms with van der Waals surface area (Å²) >= 11 is 0. The lowest BCUT2D eigenvalue weighted by Crippen LogP contribution is -2.16. The molecule has 0 radical (unpaired) electrons. The van der Waals surface area contributed by atoms with Crippen molar-refractivity contribution >= 4 is 17.0 Å². The molecule has 3 rings (SSSR count). The molecule has 0 aliphatic carbocycles. The molecule has 0 spiro atoms. The first kappa shape index (κ1) is 12.2. The fourth-order valence-corrected chi connectivity index (χ4v) is 2.49. The van der Waals surface area contributed by atoms with Crippen LogP contribution in [0, 0.1) is 5.82 Å². The third kappa shape index (κ3) is 2.12. The third-order valence-electron chi connectivity index (χ3n) is 3.46. The predicted molar refractivity (Wildman–Crippen MR) is 69.6 cm³/mol. The Kier molecular flexibility index (Phi) is 3.02. The molecular formula is C13H16FN3O2. The van der Waals surface area contributed by atoms with Crippen molar-refractivity contribution in [2.45, 2.75) is 25.5 Å². The molecule has 1 aromatic carbocycles. The number of nitrogen functional groups attached to an aromatic ring is 1. The molecule has 102 valence electrons. The Labute approximate surface area is 110 Å². The molecule has 2 heterocycles. The van der Waals surface area contributed by atoms with Gasteiger partial charge in [-0.1, -0.05) is 0 Å². The van der Waals surface area contributed by atoms with E-state index in [-0.39, 0.29) is 11.9 Å². The van der Waals surface area contributed by atoms with Crippen LogP contribution < -0.4 is 10.5 Å². The van der Waals surface area contributed by atoms with Gasteiger partial charge in [-0.3, -0.25) is 0 Å². The molecule has 1 fully saturated rings. The van der Waals surface area contributed by atoms with Gasteiger partial charge in [0.1, 0.15) is 0 Å². The molecule has 19 heavy (non-hydrogen) atoms. The van der Waals surface area contributed by atoms with Crippen LogP contribution in [0.25, 0.3) is 11.0 Å². The summed E-state index contributed by atoms with van der Waals surface area (Å²) in [5.41, 5.74) is 7.21. The van der Waals surface area contributed by atoms with Crippen molar-refractivity contribution in [3.8, 4) is 5.75 Å². The molecule has 0 saturated carbocycles. The van der Waals surface area contributed by atoms with Crippen LogP contribution in [0.3, 0.4) is 0 Å². The molecule has 1 aromatic heterocycles. The minimum Gasteiger partial charge on any atom is -0.494 e. The SMILES string of the molecule is COc1cc2c(cc1F)nc(N)n2CC1CCCO1. The second-order valence-electron chi connectivity index (χ2n) is 4.69. The van der Waals surface area contributed by atoms with Crippen LogP contribution in [0.4, 0.5) is 10.3 Å². The monoisotopic (exact) mass is 265 g/mol. The van der Waals surface area contributed by atoms with Gasteiger partial charge >= 0.3 is 0 Å². The highest BCUT2D eigenvalue weighted by molar-refractivity contribution is 5.80. The number of nitrogens with zero attached hydrogens (tertiary/aromatic N) is 2. The fraction of sp³-hybridized carbons (Fsp3) is 0.462. The zero-order valence-corrected chi connectivity index (χ0v) is 10.7. The van der Waals surface area contributed by atoms with Gasteiger partial charge in [-0.15, -0.1) is 0 Å². The predicted octanol–water partition coefficient (Wildman–Crippen LogP) is 1.95. The van der Waals surface area contributed by atoms with Crippen molar-refractivity contribution < 1.29 is 13.9 Å². The summed E-state index contributed by atoms with van der Waals surface area (Å²) in [5, 5.41) is 0. The van der Waals surface area contributed by atoms with E-state index >= 15 is 0 Å². The maximum Gasteiger partial charge on any atom is 0.201 e. The highest BCUT2D eigenvalue weighted by Crippen LogP contribution is 2.27. The van der Waals surface area contributed by atoms with Gasteiger partial charge in [0.25, 0.3) is 0 Å². The summed E-state index contributed by atoms with van der Waals surface area (Å²) in [6.07, 6.45) is 2.22. The first-order valence-electron chi connectivity index (χ1n) is 6.30. The summed E-state index contributed by atoms with van der Waals surface area (Å²) in [7, 11) is 1.44. The fourth-order valence-electron chi connectivity index (χ4n) is 2.49. The molecule has 5 nitrogen and oxygen atoms in total. The second kappa shape index (κ2) is 4.70. The standard InChI is InChI=1S/C13H16FN3O2/c1-18-12-6-11-10(5-9(12)14)16-13(15)17(11)7-8-3-2-4-19-8/h5-6,8H,2-4,7H2,1H3,(H2,15,16). The van der Waals surface area contributed by atoms with E-state index in [4.69, 9.17) is 15.2 Å². The van der Waals surface area contributed by atoms with Crippen LogP contribution in [-0.4, -0.2) is 29.4 Å². The molecule has 1 aliphatic heterocycles. The van der Waals surface area contributed by atoms with Crippen LogP contribution >= 0.6 is 0 Å². The van der Waals surface area contributed by atoms with Gasteiger partial charge in [-0.2, -0.15) is 0 Å². The Bertz CT molecular complexity index is 605. The van der Waals surface area contributed by atoms with Gasteiger partial charge < -0.3 is 19.8 Å². The van der Waals surface area contributed by atoms with Crippen molar-refractivity contribution in [1.29, 1.82) is 0 Å². The van der Waals surface area contributed by atoms with Crippen LogP contribution in [0.2, 0.25) is 0 Å². The maximum absolute atomic E-state index is 13.6. The van der Waals surface area contributed by atoms with Gasteiger partial charge in [0, 0.05) is 18.7 Å². The highest BCUT2D eigenvalue weighted by atomic mass is 19.1. The van der Waals surface area contributed by atoms with E-state index in [0.717, 1.165) is 25.0 Å². The number of hydrogen-bond acceptors (Lipinski definition) is 4. The quantitative estimate of drug-likeness (QED) is 0.921. The van der Waals surface area contributed by atoms with Crippen LogP contribution in [0.5, 0.6) is 5.75 Å². The lowest BCUT2D eigenvalue weighted by atomic mass is 10.2. The molecule has 2 N–H and O–H groups in total. The largest absolute Gasteiger partial charge is 0.494 e. The van der Waals surface area contributed by atoms with Crippen molar-refractivity contribution in [1.82, 2.24) is 9.55 Å². The highest BCUT2D eigenvalue weighted by Gasteiger charge is 2.20. The number of nitrogens with two attached hydrogens (primary N) is 1. The maximum atomic E-state index is 13.6. The molecule has 1 atom stereocenters. The van der Waals surface area contributed by atoms with E-state index in [0.29, 0.717) is 18.0 Å². The Morgan fingerprint density at radius 2 is 2.42 bits per heavy atom. The smallest absolute Gasteiger partial charge is 0.201 e. The van der Waals surface area contributed by atoms with Gasteiger partial charge in [0.2, 0.25) is 5.95 Å². The number of methoxy groups -OCH3 is 1. The van der Waals surface area contributed by atoms with Crippen molar-refractivity contribution in [2.75, 3.05) is 19.5 Å². The van der Waals surface area contributed by atoms with E-state index in [9.17, 15) is 4.39 Å². The molecule has 2 aromatic rings. The van der Waals surface area contributed by atoms with Crippen LogP contribution in [0.1, 0.15) is 12.8 Å². The number of fused-ring (bicyclic) bond motifs is 1. The number of halogens is 1. The van der Waals surface area contributed by atoms with E-state index in [1.165, 1.54) is 13.2 Å². The Morgan fingerprint density at radius 1 is 1.58 bits per heavy atom. The Hall–Kier alpha value is -1.82. The number of hydrogen-bond donors (Lipinski definition) is 1.